The summed E-state index contributed by atoms with van der Waals surface area (Å²) in [6.07, 6.45) is 1.82. The van der Waals surface area contributed by atoms with Crippen LogP contribution in [0.3, 0.4) is 0 Å². The van der Waals surface area contributed by atoms with Crippen LogP contribution in [-0.2, 0) is 9.47 Å². The number of alkyl halides is 2. The van der Waals surface area contributed by atoms with Crippen molar-refractivity contribution in [2.45, 2.75) is 44.8 Å². The zero-order valence-corrected chi connectivity index (χ0v) is 13.2. The Morgan fingerprint density at radius 1 is 1.35 bits per heavy atom. The molecule has 128 valence electrons. The molecule has 1 aromatic rings. The van der Waals surface area contributed by atoms with Gasteiger partial charge in [-0.15, -0.1) is 0 Å². The van der Waals surface area contributed by atoms with E-state index in [0.29, 0.717) is 0 Å². The normalized spacial score (nSPS) is 20.4. The molecule has 1 saturated heterocycles. The van der Waals surface area contributed by atoms with Crippen molar-refractivity contribution in [1.82, 2.24) is 14.5 Å². The SMILES string of the molecule is CC(C)(C)OC(=O)N1CC(F)(F)CC1COC(=O)n1ccnc1. The first-order valence-corrected chi connectivity index (χ1v) is 7.10. The van der Waals surface area contributed by atoms with Crippen LogP contribution in [0.1, 0.15) is 27.2 Å². The summed E-state index contributed by atoms with van der Waals surface area (Å²) in [5, 5.41) is 0. The minimum Gasteiger partial charge on any atom is -0.447 e. The fourth-order valence-corrected chi connectivity index (χ4v) is 2.19. The molecule has 0 aromatic carbocycles. The lowest BCUT2D eigenvalue weighted by Gasteiger charge is -2.27. The standard InChI is InChI=1S/C14H19F2N3O4/c1-13(2,3)23-12(21)19-8-14(15,16)6-10(19)7-22-11(20)18-5-4-17-9-18/h4-5,9-10H,6-8H2,1-3H3. The van der Waals surface area contributed by atoms with Gasteiger partial charge < -0.3 is 9.47 Å². The molecule has 2 heterocycles. The number of rotatable bonds is 2. The summed E-state index contributed by atoms with van der Waals surface area (Å²) in [7, 11) is 0. The quantitative estimate of drug-likeness (QED) is 0.832. The molecule has 1 aliphatic heterocycles. The smallest absolute Gasteiger partial charge is 0.419 e. The second-order valence-electron chi connectivity index (χ2n) is 6.37. The molecule has 1 fully saturated rings. The molecule has 1 atom stereocenters. The largest absolute Gasteiger partial charge is 0.447 e. The molecule has 1 amide bonds. The maximum atomic E-state index is 13.6. The fourth-order valence-electron chi connectivity index (χ4n) is 2.19. The molecule has 0 bridgehead atoms. The Balaban J connectivity index is 2.00. The molecular weight excluding hydrogens is 312 g/mol. The first-order chi connectivity index (χ1) is 10.6. The number of carbonyl (C=O) groups excluding carboxylic acids is 2. The van der Waals surface area contributed by atoms with E-state index in [1.807, 2.05) is 0 Å². The van der Waals surface area contributed by atoms with Gasteiger partial charge in [-0.25, -0.2) is 27.9 Å². The van der Waals surface area contributed by atoms with Gasteiger partial charge in [0.15, 0.2) is 0 Å². The Kier molecular flexibility index (Phi) is 4.58. The van der Waals surface area contributed by atoms with E-state index in [0.717, 1.165) is 9.47 Å². The lowest BCUT2D eigenvalue weighted by Crippen LogP contribution is -2.42. The van der Waals surface area contributed by atoms with E-state index in [2.05, 4.69) is 4.98 Å². The number of hydrogen-bond donors (Lipinski definition) is 0. The first kappa shape index (κ1) is 17.2. The Hall–Kier alpha value is -2.19. The molecule has 0 aliphatic carbocycles. The van der Waals surface area contributed by atoms with Crippen LogP contribution in [0.4, 0.5) is 18.4 Å². The number of halogens is 2. The highest BCUT2D eigenvalue weighted by atomic mass is 19.3. The average molecular weight is 331 g/mol. The van der Waals surface area contributed by atoms with Gasteiger partial charge in [-0.05, 0) is 20.8 Å². The summed E-state index contributed by atoms with van der Waals surface area (Å²) in [4.78, 5) is 28.4. The monoisotopic (exact) mass is 331 g/mol. The minimum atomic E-state index is -3.04. The van der Waals surface area contributed by atoms with Crippen molar-refractivity contribution < 1.29 is 27.8 Å². The van der Waals surface area contributed by atoms with Gasteiger partial charge in [0.2, 0.25) is 0 Å². The molecule has 1 aromatic heterocycles. The third-order valence-corrected chi connectivity index (χ3v) is 3.12. The fraction of sp³-hybridized carbons (Fsp3) is 0.643. The molecule has 9 heteroatoms. The predicted octanol–water partition coefficient (Wildman–Crippen LogP) is 2.51. The number of likely N-dealkylation sites (tertiary alicyclic amines) is 1. The molecule has 0 N–H and O–H groups in total. The van der Waals surface area contributed by atoms with Gasteiger partial charge in [-0.1, -0.05) is 0 Å². The summed E-state index contributed by atoms with van der Waals surface area (Å²) < 4.78 is 38.4. The van der Waals surface area contributed by atoms with Crippen LogP contribution in [0.2, 0.25) is 0 Å². The summed E-state index contributed by atoms with van der Waals surface area (Å²) in [6.45, 7) is 3.84. The third kappa shape index (κ3) is 4.64. The molecule has 1 aliphatic rings. The first-order valence-electron chi connectivity index (χ1n) is 7.10. The molecule has 7 nitrogen and oxygen atoms in total. The van der Waals surface area contributed by atoms with Crippen molar-refractivity contribution in [3.63, 3.8) is 0 Å². The van der Waals surface area contributed by atoms with Crippen LogP contribution >= 0.6 is 0 Å². The van der Waals surface area contributed by atoms with E-state index < -0.39 is 42.7 Å². The van der Waals surface area contributed by atoms with Crippen molar-refractivity contribution in [1.29, 1.82) is 0 Å². The van der Waals surface area contributed by atoms with Crippen LogP contribution < -0.4 is 0 Å². The number of amides is 1. The Bertz CT molecular complexity index is 569. The van der Waals surface area contributed by atoms with Gasteiger partial charge in [-0.2, -0.15) is 0 Å². The Morgan fingerprint density at radius 3 is 2.61 bits per heavy atom. The van der Waals surface area contributed by atoms with Crippen molar-refractivity contribution in [2.75, 3.05) is 13.2 Å². The number of imidazole rings is 1. The van der Waals surface area contributed by atoms with Crippen molar-refractivity contribution in [2.24, 2.45) is 0 Å². The molecule has 0 spiro atoms. The highest BCUT2D eigenvalue weighted by Crippen LogP contribution is 2.33. The van der Waals surface area contributed by atoms with Crippen molar-refractivity contribution in [3.05, 3.63) is 18.7 Å². The number of hydrogen-bond acceptors (Lipinski definition) is 5. The van der Waals surface area contributed by atoms with Crippen molar-refractivity contribution in [3.8, 4) is 0 Å². The molecular formula is C14H19F2N3O4. The molecule has 23 heavy (non-hydrogen) atoms. The highest BCUT2D eigenvalue weighted by Gasteiger charge is 2.48. The molecule has 2 rings (SSSR count). The summed E-state index contributed by atoms with van der Waals surface area (Å²) in [5.41, 5.74) is -0.799. The third-order valence-electron chi connectivity index (χ3n) is 3.12. The van der Waals surface area contributed by atoms with E-state index in [1.54, 1.807) is 20.8 Å². The molecule has 1 unspecified atom stereocenters. The maximum absolute atomic E-state index is 13.6. The average Bonchev–Trinajstić information content (AvgIpc) is 3.01. The van der Waals surface area contributed by atoms with Crippen LogP contribution in [0.15, 0.2) is 18.7 Å². The molecule has 0 saturated carbocycles. The zero-order chi connectivity index (χ0) is 17.3. The number of nitrogens with zero attached hydrogens (tertiary/aromatic N) is 3. The summed E-state index contributed by atoms with van der Waals surface area (Å²) in [5.74, 6) is -3.04. The van der Waals surface area contributed by atoms with Crippen LogP contribution in [0.5, 0.6) is 0 Å². The number of carbonyl (C=O) groups is 2. The van der Waals surface area contributed by atoms with E-state index >= 15 is 0 Å². The zero-order valence-electron chi connectivity index (χ0n) is 13.2. The predicted molar refractivity (Wildman–Crippen MR) is 75.3 cm³/mol. The number of ether oxygens (including phenoxy) is 2. The Labute approximate surface area is 132 Å². The van der Waals surface area contributed by atoms with E-state index in [4.69, 9.17) is 9.47 Å². The van der Waals surface area contributed by atoms with Gasteiger partial charge in [0.25, 0.3) is 5.92 Å². The maximum Gasteiger partial charge on any atom is 0.419 e. The van der Waals surface area contributed by atoms with E-state index in [1.165, 1.54) is 18.7 Å². The Morgan fingerprint density at radius 2 is 2.04 bits per heavy atom. The van der Waals surface area contributed by atoms with Crippen LogP contribution in [0, 0.1) is 0 Å². The van der Waals surface area contributed by atoms with Gasteiger partial charge in [0.05, 0.1) is 12.6 Å². The lowest BCUT2D eigenvalue weighted by molar-refractivity contribution is -0.00297. The second kappa shape index (κ2) is 6.13. The van der Waals surface area contributed by atoms with E-state index in [-0.39, 0.29) is 6.61 Å². The van der Waals surface area contributed by atoms with Gasteiger partial charge in [-0.3, -0.25) is 4.90 Å². The van der Waals surface area contributed by atoms with Gasteiger partial charge >= 0.3 is 12.2 Å². The lowest BCUT2D eigenvalue weighted by atomic mass is 10.2. The topological polar surface area (TPSA) is 73.7 Å². The van der Waals surface area contributed by atoms with Crippen LogP contribution in [0.25, 0.3) is 0 Å². The van der Waals surface area contributed by atoms with Gasteiger partial charge in [0.1, 0.15) is 18.5 Å². The summed E-state index contributed by atoms with van der Waals surface area (Å²) >= 11 is 0. The van der Waals surface area contributed by atoms with E-state index in [9.17, 15) is 18.4 Å². The minimum absolute atomic E-state index is 0.341. The van der Waals surface area contributed by atoms with Crippen LogP contribution in [-0.4, -0.2) is 57.4 Å². The highest BCUT2D eigenvalue weighted by molar-refractivity contribution is 5.71. The molecule has 0 radical (unpaired) electrons. The summed E-state index contributed by atoms with van der Waals surface area (Å²) in [6, 6.07) is -0.938. The number of aromatic nitrogens is 2. The second-order valence-corrected chi connectivity index (χ2v) is 6.37. The van der Waals surface area contributed by atoms with Crippen molar-refractivity contribution >= 4 is 12.2 Å². The van der Waals surface area contributed by atoms with Gasteiger partial charge in [0, 0.05) is 18.8 Å².